The first kappa shape index (κ1) is 15.2. The molecular weight excluding hydrogens is 273 g/mol. The average molecular weight is 290 g/mol. The second-order valence-electron chi connectivity index (χ2n) is 4.23. The Labute approximate surface area is 117 Å². The van der Waals surface area contributed by atoms with Crippen molar-refractivity contribution in [2.75, 3.05) is 27.2 Å². The van der Waals surface area contributed by atoms with Crippen LogP contribution in [0, 0.1) is 0 Å². The number of benzene rings is 1. The monoisotopic (exact) mass is 289 g/mol. The lowest BCUT2D eigenvalue weighted by atomic mass is 10.1. The van der Waals surface area contributed by atoms with Crippen LogP contribution in [0.5, 0.6) is 0 Å². The Balaban J connectivity index is 2.88. The molecule has 0 aliphatic rings. The Kier molecular flexibility index (Phi) is 5.88. The van der Waals surface area contributed by atoms with Crippen molar-refractivity contribution in [3.63, 3.8) is 0 Å². The van der Waals surface area contributed by atoms with Crippen LogP contribution >= 0.6 is 23.2 Å². The normalized spacial score (nSPS) is 12.7. The molecule has 0 heterocycles. The maximum absolute atomic E-state index is 11.5. The highest BCUT2D eigenvalue weighted by Crippen LogP contribution is 2.30. The smallest absolute Gasteiger partial charge is 0.239 e. The Hall–Kier alpha value is -0.810. The van der Waals surface area contributed by atoms with Crippen LogP contribution in [0.4, 0.5) is 0 Å². The predicted octanol–water partition coefficient (Wildman–Crippen LogP) is 1.67. The third-order valence-electron chi connectivity index (χ3n) is 2.48. The molecule has 18 heavy (non-hydrogen) atoms. The van der Waals surface area contributed by atoms with E-state index >= 15 is 0 Å². The third-order valence-corrected chi connectivity index (χ3v) is 3.14. The number of likely N-dealkylation sites (N-methyl/N-ethyl adjacent to an activating group) is 1. The van der Waals surface area contributed by atoms with E-state index in [0.717, 1.165) is 6.54 Å². The van der Waals surface area contributed by atoms with Gasteiger partial charge in [0.05, 0.1) is 0 Å². The van der Waals surface area contributed by atoms with Crippen LogP contribution in [0.15, 0.2) is 18.2 Å². The van der Waals surface area contributed by atoms with E-state index in [1.54, 1.807) is 18.2 Å². The van der Waals surface area contributed by atoms with E-state index in [9.17, 15) is 4.79 Å². The van der Waals surface area contributed by atoms with E-state index in [1.807, 2.05) is 19.0 Å². The number of hydrogen-bond acceptors (Lipinski definition) is 3. The minimum Gasteiger partial charge on any atom is -0.368 e. The molecule has 0 aromatic heterocycles. The first-order valence-electron chi connectivity index (χ1n) is 5.55. The van der Waals surface area contributed by atoms with Gasteiger partial charge in [0.25, 0.3) is 0 Å². The SMILES string of the molecule is CN(C)CCNC(C(N)=O)c1c(Cl)cccc1Cl. The Morgan fingerprint density at radius 2 is 1.94 bits per heavy atom. The summed E-state index contributed by atoms with van der Waals surface area (Å²) in [6, 6.07) is 4.43. The molecule has 100 valence electrons. The van der Waals surface area contributed by atoms with Crippen molar-refractivity contribution in [3.05, 3.63) is 33.8 Å². The molecule has 0 fully saturated rings. The molecule has 1 aromatic rings. The van der Waals surface area contributed by atoms with E-state index in [-0.39, 0.29) is 0 Å². The quantitative estimate of drug-likeness (QED) is 0.838. The van der Waals surface area contributed by atoms with Crippen molar-refractivity contribution in [1.29, 1.82) is 0 Å². The number of primary amides is 1. The number of amides is 1. The fourth-order valence-corrected chi connectivity index (χ4v) is 2.18. The number of halogens is 2. The standard InChI is InChI=1S/C12H17Cl2N3O/c1-17(2)7-6-16-11(12(15)18)10-8(13)4-3-5-9(10)14/h3-5,11,16H,6-7H2,1-2H3,(H2,15,18). The van der Waals surface area contributed by atoms with Crippen LogP contribution in [0.2, 0.25) is 10.0 Å². The minimum atomic E-state index is -0.675. The third kappa shape index (κ3) is 4.14. The van der Waals surface area contributed by atoms with Crippen molar-refractivity contribution < 1.29 is 4.79 Å². The fourth-order valence-electron chi connectivity index (χ4n) is 1.56. The predicted molar refractivity (Wildman–Crippen MR) is 75.0 cm³/mol. The molecule has 6 heteroatoms. The summed E-state index contributed by atoms with van der Waals surface area (Å²) in [4.78, 5) is 13.5. The van der Waals surface area contributed by atoms with Gasteiger partial charge in [-0.05, 0) is 26.2 Å². The molecule has 1 rings (SSSR count). The van der Waals surface area contributed by atoms with E-state index < -0.39 is 11.9 Å². The van der Waals surface area contributed by atoms with Crippen LogP contribution in [0.1, 0.15) is 11.6 Å². The number of carbonyl (C=O) groups excluding carboxylic acids is 1. The molecule has 0 saturated heterocycles. The highest BCUT2D eigenvalue weighted by Gasteiger charge is 2.22. The zero-order chi connectivity index (χ0) is 13.7. The Morgan fingerprint density at radius 1 is 1.39 bits per heavy atom. The maximum Gasteiger partial charge on any atom is 0.239 e. The first-order chi connectivity index (χ1) is 8.43. The summed E-state index contributed by atoms with van der Waals surface area (Å²) in [6.45, 7) is 1.40. The summed E-state index contributed by atoms with van der Waals surface area (Å²) in [7, 11) is 3.90. The summed E-state index contributed by atoms with van der Waals surface area (Å²) in [5.74, 6) is -0.497. The summed E-state index contributed by atoms with van der Waals surface area (Å²) in [6.07, 6.45) is 0. The lowest BCUT2D eigenvalue weighted by Gasteiger charge is -2.19. The second-order valence-corrected chi connectivity index (χ2v) is 5.04. The molecule has 3 N–H and O–H groups in total. The number of nitrogens with zero attached hydrogens (tertiary/aromatic N) is 1. The van der Waals surface area contributed by atoms with Gasteiger partial charge in [-0.1, -0.05) is 29.3 Å². The number of nitrogens with one attached hydrogen (secondary N) is 1. The van der Waals surface area contributed by atoms with Crippen LogP contribution in [0.25, 0.3) is 0 Å². The topological polar surface area (TPSA) is 58.4 Å². The zero-order valence-corrected chi connectivity index (χ0v) is 11.9. The van der Waals surface area contributed by atoms with Crippen LogP contribution in [-0.4, -0.2) is 38.0 Å². The molecule has 1 atom stereocenters. The van der Waals surface area contributed by atoms with Gasteiger partial charge in [0.15, 0.2) is 0 Å². The molecule has 0 aliphatic carbocycles. The van der Waals surface area contributed by atoms with Gasteiger partial charge in [-0.25, -0.2) is 0 Å². The maximum atomic E-state index is 11.5. The number of rotatable bonds is 6. The largest absolute Gasteiger partial charge is 0.368 e. The second kappa shape index (κ2) is 6.95. The molecule has 0 aliphatic heterocycles. The highest BCUT2D eigenvalue weighted by atomic mass is 35.5. The van der Waals surface area contributed by atoms with Gasteiger partial charge < -0.3 is 16.0 Å². The van der Waals surface area contributed by atoms with E-state index in [0.29, 0.717) is 22.2 Å². The highest BCUT2D eigenvalue weighted by molar-refractivity contribution is 6.36. The summed E-state index contributed by atoms with van der Waals surface area (Å²) in [5.41, 5.74) is 5.93. The minimum absolute atomic E-state index is 0.434. The van der Waals surface area contributed by atoms with Gasteiger partial charge in [0.2, 0.25) is 5.91 Å². The van der Waals surface area contributed by atoms with Crippen molar-refractivity contribution in [3.8, 4) is 0 Å². The zero-order valence-electron chi connectivity index (χ0n) is 10.4. The van der Waals surface area contributed by atoms with Crippen LogP contribution in [-0.2, 0) is 4.79 Å². The van der Waals surface area contributed by atoms with Crippen molar-refractivity contribution >= 4 is 29.1 Å². The van der Waals surface area contributed by atoms with E-state index in [4.69, 9.17) is 28.9 Å². The summed E-state index contributed by atoms with van der Waals surface area (Å²) in [5, 5.41) is 3.93. The van der Waals surface area contributed by atoms with Gasteiger partial charge in [0, 0.05) is 28.7 Å². The molecule has 0 radical (unpaired) electrons. The van der Waals surface area contributed by atoms with Crippen molar-refractivity contribution in [2.24, 2.45) is 5.73 Å². The Bertz CT molecular complexity index is 404. The van der Waals surface area contributed by atoms with Crippen molar-refractivity contribution in [2.45, 2.75) is 6.04 Å². The molecule has 1 aromatic carbocycles. The molecule has 0 saturated carbocycles. The average Bonchev–Trinajstić information content (AvgIpc) is 2.25. The number of carbonyl (C=O) groups is 1. The van der Waals surface area contributed by atoms with E-state index in [1.165, 1.54) is 0 Å². The summed E-state index contributed by atoms with van der Waals surface area (Å²) < 4.78 is 0. The van der Waals surface area contributed by atoms with Crippen LogP contribution in [0.3, 0.4) is 0 Å². The first-order valence-corrected chi connectivity index (χ1v) is 6.30. The van der Waals surface area contributed by atoms with Gasteiger partial charge in [0.1, 0.15) is 6.04 Å². The lowest BCUT2D eigenvalue weighted by Crippen LogP contribution is -2.37. The lowest BCUT2D eigenvalue weighted by molar-refractivity contribution is -0.120. The molecule has 4 nitrogen and oxygen atoms in total. The molecular formula is C12H17Cl2N3O. The van der Waals surface area contributed by atoms with Gasteiger partial charge >= 0.3 is 0 Å². The van der Waals surface area contributed by atoms with E-state index in [2.05, 4.69) is 5.32 Å². The molecule has 0 spiro atoms. The summed E-state index contributed by atoms with van der Waals surface area (Å²) >= 11 is 12.1. The number of hydrogen-bond donors (Lipinski definition) is 2. The molecule has 1 unspecified atom stereocenters. The molecule has 0 bridgehead atoms. The Morgan fingerprint density at radius 3 is 2.39 bits per heavy atom. The fraction of sp³-hybridized carbons (Fsp3) is 0.417. The van der Waals surface area contributed by atoms with Crippen LogP contribution < -0.4 is 11.1 Å². The number of nitrogens with two attached hydrogens (primary N) is 1. The van der Waals surface area contributed by atoms with Crippen molar-refractivity contribution in [1.82, 2.24) is 10.2 Å². The van der Waals surface area contributed by atoms with Gasteiger partial charge in [-0.15, -0.1) is 0 Å². The molecule has 1 amide bonds. The van der Waals surface area contributed by atoms with Gasteiger partial charge in [-0.2, -0.15) is 0 Å². The van der Waals surface area contributed by atoms with Gasteiger partial charge in [-0.3, -0.25) is 4.79 Å².